The summed E-state index contributed by atoms with van der Waals surface area (Å²) in [6, 6.07) is 14.0. The standard InChI is InChI=1S/C25H21FN4O4/c26-19-3-5-20(6-4-19)28-25(32)30(14-16-2-1-7-27-13-16)15-18-10-17-11-22-23(34-9-8-33-22)12-21(17)29-24(18)31/h1-7,10-13H,8-9,14-15H2,(H,28,32)(H,29,31). The normalized spacial score (nSPS) is 12.4. The number of urea groups is 1. The number of pyridine rings is 2. The van der Waals surface area contributed by atoms with Crippen LogP contribution >= 0.6 is 0 Å². The van der Waals surface area contributed by atoms with Gasteiger partial charge in [0, 0.05) is 41.6 Å². The first kappa shape index (κ1) is 21.4. The fraction of sp³-hybridized carbons (Fsp3) is 0.160. The summed E-state index contributed by atoms with van der Waals surface area (Å²) in [5.41, 5.74) is 1.96. The SMILES string of the molecule is O=C(Nc1ccc(F)cc1)N(Cc1cccnc1)Cc1cc2cc3c(cc2[nH]c1=O)OCCO3. The van der Waals surface area contributed by atoms with E-state index in [2.05, 4.69) is 15.3 Å². The Balaban J connectivity index is 1.45. The Labute approximate surface area is 194 Å². The summed E-state index contributed by atoms with van der Waals surface area (Å²) in [5.74, 6) is 0.793. The molecule has 0 spiro atoms. The zero-order valence-electron chi connectivity index (χ0n) is 18.1. The molecule has 1 aliphatic rings. The average Bonchev–Trinajstić information content (AvgIpc) is 2.85. The van der Waals surface area contributed by atoms with Gasteiger partial charge in [0.2, 0.25) is 0 Å². The number of nitrogens with one attached hydrogen (secondary N) is 2. The number of benzene rings is 2. The van der Waals surface area contributed by atoms with Gasteiger partial charge in [0.05, 0.1) is 12.1 Å². The van der Waals surface area contributed by atoms with Crippen molar-refractivity contribution in [2.45, 2.75) is 13.1 Å². The first-order chi connectivity index (χ1) is 16.5. The largest absolute Gasteiger partial charge is 0.486 e. The monoisotopic (exact) mass is 460 g/mol. The molecule has 2 amide bonds. The lowest BCUT2D eigenvalue weighted by atomic mass is 10.1. The Bertz CT molecular complexity index is 1390. The van der Waals surface area contributed by atoms with Crippen LogP contribution in [0.2, 0.25) is 0 Å². The molecule has 1 aliphatic heterocycles. The van der Waals surface area contributed by atoms with Crippen molar-refractivity contribution >= 4 is 22.6 Å². The number of carbonyl (C=O) groups excluding carboxylic acids is 1. The molecule has 172 valence electrons. The predicted octanol–water partition coefficient (Wildman–Crippen LogP) is 4.07. The van der Waals surface area contributed by atoms with E-state index in [-0.39, 0.29) is 18.6 Å². The Morgan fingerprint density at radius 1 is 1.06 bits per heavy atom. The van der Waals surface area contributed by atoms with Gasteiger partial charge in [-0.3, -0.25) is 9.78 Å². The second-order valence-corrected chi connectivity index (χ2v) is 7.86. The molecule has 8 nitrogen and oxygen atoms in total. The fourth-order valence-electron chi connectivity index (χ4n) is 3.76. The summed E-state index contributed by atoms with van der Waals surface area (Å²) < 4.78 is 24.5. The number of aromatic amines is 1. The van der Waals surface area contributed by atoms with Crippen molar-refractivity contribution in [3.05, 3.63) is 94.3 Å². The maximum absolute atomic E-state index is 13.3. The lowest BCUT2D eigenvalue weighted by Gasteiger charge is -2.23. The number of hydrogen-bond acceptors (Lipinski definition) is 5. The fourth-order valence-corrected chi connectivity index (χ4v) is 3.76. The van der Waals surface area contributed by atoms with Gasteiger partial charge in [-0.25, -0.2) is 9.18 Å². The van der Waals surface area contributed by atoms with Gasteiger partial charge >= 0.3 is 6.03 Å². The number of hydrogen-bond donors (Lipinski definition) is 2. The molecular formula is C25H21FN4O4. The van der Waals surface area contributed by atoms with Crippen LogP contribution in [0.15, 0.2) is 71.8 Å². The summed E-state index contributed by atoms with van der Waals surface area (Å²) in [6.07, 6.45) is 3.30. The second kappa shape index (κ2) is 9.22. The molecule has 4 aromatic rings. The highest BCUT2D eigenvalue weighted by Gasteiger charge is 2.19. The van der Waals surface area contributed by atoms with E-state index in [1.807, 2.05) is 12.1 Å². The van der Waals surface area contributed by atoms with Crippen LogP contribution in [0, 0.1) is 5.82 Å². The van der Waals surface area contributed by atoms with E-state index < -0.39 is 11.8 Å². The molecule has 0 unspecified atom stereocenters. The molecule has 5 rings (SSSR count). The topological polar surface area (TPSA) is 96.6 Å². The van der Waals surface area contributed by atoms with Crippen LogP contribution in [0.5, 0.6) is 11.5 Å². The number of aromatic nitrogens is 2. The molecule has 9 heteroatoms. The van der Waals surface area contributed by atoms with Crippen LogP contribution in [0.1, 0.15) is 11.1 Å². The van der Waals surface area contributed by atoms with Gasteiger partial charge in [-0.1, -0.05) is 6.07 Å². The van der Waals surface area contributed by atoms with E-state index in [0.717, 1.165) is 10.9 Å². The quantitative estimate of drug-likeness (QED) is 0.468. The number of nitrogens with zero attached hydrogens (tertiary/aromatic N) is 2. The number of halogens is 1. The van der Waals surface area contributed by atoms with Gasteiger partial charge in [-0.2, -0.15) is 0 Å². The van der Waals surface area contributed by atoms with E-state index in [1.165, 1.54) is 29.2 Å². The Morgan fingerprint density at radius 2 is 1.82 bits per heavy atom. The minimum atomic E-state index is -0.433. The van der Waals surface area contributed by atoms with Gasteiger partial charge in [0.1, 0.15) is 19.0 Å². The molecule has 0 bridgehead atoms. The van der Waals surface area contributed by atoms with Gasteiger partial charge in [0.25, 0.3) is 5.56 Å². The third kappa shape index (κ3) is 4.68. The minimum Gasteiger partial charge on any atom is -0.486 e. The summed E-state index contributed by atoms with van der Waals surface area (Å²) in [6.45, 7) is 1.17. The lowest BCUT2D eigenvalue weighted by molar-refractivity contribution is 0.172. The van der Waals surface area contributed by atoms with Crippen molar-refractivity contribution in [3.8, 4) is 11.5 Å². The van der Waals surface area contributed by atoms with Crippen molar-refractivity contribution in [2.75, 3.05) is 18.5 Å². The first-order valence-electron chi connectivity index (χ1n) is 10.7. The number of carbonyl (C=O) groups is 1. The Morgan fingerprint density at radius 3 is 2.56 bits per heavy atom. The molecule has 0 atom stereocenters. The van der Waals surface area contributed by atoms with E-state index >= 15 is 0 Å². The maximum atomic E-state index is 13.3. The number of ether oxygens (including phenoxy) is 2. The molecule has 2 aromatic carbocycles. The van der Waals surface area contributed by atoms with E-state index in [4.69, 9.17) is 9.47 Å². The van der Waals surface area contributed by atoms with Crippen LogP contribution in [0.3, 0.4) is 0 Å². The number of amides is 2. The van der Waals surface area contributed by atoms with Crippen LogP contribution < -0.4 is 20.3 Å². The molecule has 0 fully saturated rings. The molecule has 2 N–H and O–H groups in total. The van der Waals surface area contributed by atoms with Crippen LogP contribution in [0.25, 0.3) is 10.9 Å². The number of fused-ring (bicyclic) bond motifs is 2. The van der Waals surface area contributed by atoms with Crippen molar-refractivity contribution in [1.82, 2.24) is 14.9 Å². The third-order valence-electron chi connectivity index (χ3n) is 5.42. The van der Waals surface area contributed by atoms with Gasteiger partial charge in [-0.05, 0) is 48.0 Å². The molecule has 0 saturated carbocycles. The maximum Gasteiger partial charge on any atom is 0.322 e. The third-order valence-corrected chi connectivity index (χ3v) is 5.42. The van der Waals surface area contributed by atoms with Gasteiger partial charge in [0.15, 0.2) is 11.5 Å². The average molecular weight is 460 g/mol. The number of H-pyrrole nitrogens is 1. The Kier molecular flexibility index (Phi) is 5.82. The summed E-state index contributed by atoms with van der Waals surface area (Å²) in [7, 11) is 0. The van der Waals surface area contributed by atoms with E-state index in [9.17, 15) is 14.0 Å². The number of rotatable bonds is 5. The Hall–Kier alpha value is -4.40. The summed E-state index contributed by atoms with van der Waals surface area (Å²) in [5, 5.41) is 3.52. The highest BCUT2D eigenvalue weighted by atomic mass is 19.1. The molecule has 34 heavy (non-hydrogen) atoms. The smallest absolute Gasteiger partial charge is 0.322 e. The summed E-state index contributed by atoms with van der Waals surface area (Å²) in [4.78, 5) is 34.5. The van der Waals surface area contributed by atoms with Crippen molar-refractivity contribution in [2.24, 2.45) is 0 Å². The van der Waals surface area contributed by atoms with Crippen molar-refractivity contribution < 1.29 is 18.7 Å². The molecule has 0 radical (unpaired) electrons. The lowest BCUT2D eigenvalue weighted by Crippen LogP contribution is -2.35. The number of anilines is 1. The van der Waals surface area contributed by atoms with Crippen molar-refractivity contribution in [3.63, 3.8) is 0 Å². The highest BCUT2D eigenvalue weighted by Crippen LogP contribution is 2.33. The zero-order valence-corrected chi connectivity index (χ0v) is 18.1. The molecule has 3 heterocycles. The van der Waals surface area contributed by atoms with Crippen molar-refractivity contribution in [1.29, 1.82) is 0 Å². The van der Waals surface area contributed by atoms with E-state index in [1.54, 1.807) is 30.6 Å². The second-order valence-electron chi connectivity index (χ2n) is 7.86. The predicted molar refractivity (Wildman–Crippen MR) is 124 cm³/mol. The first-order valence-corrected chi connectivity index (χ1v) is 10.7. The molecule has 0 aliphatic carbocycles. The van der Waals surface area contributed by atoms with E-state index in [0.29, 0.717) is 41.5 Å². The highest BCUT2D eigenvalue weighted by molar-refractivity contribution is 5.89. The minimum absolute atomic E-state index is 0.0433. The van der Waals surface area contributed by atoms with Crippen LogP contribution in [-0.2, 0) is 13.1 Å². The van der Waals surface area contributed by atoms with Crippen LogP contribution in [0.4, 0.5) is 14.9 Å². The molecule has 2 aromatic heterocycles. The molecule has 0 saturated heterocycles. The van der Waals surface area contributed by atoms with Crippen LogP contribution in [-0.4, -0.2) is 34.1 Å². The molecular weight excluding hydrogens is 439 g/mol. The summed E-state index contributed by atoms with van der Waals surface area (Å²) >= 11 is 0. The zero-order chi connectivity index (χ0) is 23.5. The van der Waals surface area contributed by atoms with Gasteiger partial charge in [-0.15, -0.1) is 0 Å². The van der Waals surface area contributed by atoms with Gasteiger partial charge < -0.3 is 24.7 Å².